The summed E-state index contributed by atoms with van der Waals surface area (Å²) in [6.07, 6.45) is 0.782. The summed E-state index contributed by atoms with van der Waals surface area (Å²) in [5, 5.41) is 10.5. The minimum absolute atomic E-state index is 0.114. The van der Waals surface area contributed by atoms with E-state index in [-0.39, 0.29) is 11.9 Å². The molecule has 1 aliphatic rings. The molecule has 0 saturated carbocycles. The van der Waals surface area contributed by atoms with Crippen molar-refractivity contribution < 1.29 is 9.53 Å². The summed E-state index contributed by atoms with van der Waals surface area (Å²) < 4.78 is 5.30. The molecule has 0 aromatic heterocycles. The molecule has 4 aromatic carbocycles. The maximum atomic E-state index is 12.8. The summed E-state index contributed by atoms with van der Waals surface area (Å²) in [6, 6.07) is 33.5. The number of amides is 1. The number of ether oxygens (including phenoxy) is 1. The highest BCUT2D eigenvalue weighted by atomic mass is 35.5. The van der Waals surface area contributed by atoms with Crippen LogP contribution < -0.4 is 15.1 Å². The number of halogens is 1. The van der Waals surface area contributed by atoms with Crippen molar-refractivity contribution in [2.24, 2.45) is 5.10 Å². The SMILES string of the molecule is COc1ccc(Cl)cc1C(=O)Nc1ccc(C2=NN(c3ccccc3)C(c3ccccc3)C2)cc1. The molecule has 4 aromatic rings. The predicted octanol–water partition coefficient (Wildman–Crippen LogP) is 6.96. The highest BCUT2D eigenvalue weighted by Gasteiger charge is 2.29. The van der Waals surface area contributed by atoms with Crippen LogP contribution in [0.25, 0.3) is 0 Å². The van der Waals surface area contributed by atoms with E-state index in [1.54, 1.807) is 18.2 Å². The number of rotatable bonds is 6. The second-order valence-electron chi connectivity index (χ2n) is 8.23. The van der Waals surface area contributed by atoms with Gasteiger partial charge in [0, 0.05) is 17.1 Å². The fourth-order valence-electron chi connectivity index (χ4n) is 4.24. The fraction of sp³-hybridized carbons (Fsp3) is 0.103. The molecule has 1 amide bonds. The lowest BCUT2D eigenvalue weighted by atomic mass is 9.98. The lowest BCUT2D eigenvalue weighted by Gasteiger charge is -2.23. The van der Waals surface area contributed by atoms with Crippen molar-refractivity contribution in [2.75, 3.05) is 17.4 Å². The van der Waals surface area contributed by atoms with Crippen LogP contribution in [0.1, 0.15) is 33.9 Å². The van der Waals surface area contributed by atoms with Gasteiger partial charge in [-0.3, -0.25) is 9.80 Å². The topological polar surface area (TPSA) is 53.9 Å². The Morgan fingerprint density at radius 1 is 0.943 bits per heavy atom. The molecule has 5 nitrogen and oxygen atoms in total. The van der Waals surface area contributed by atoms with Gasteiger partial charge >= 0.3 is 0 Å². The lowest BCUT2D eigenvalue weighted by molar-refractivity contribution is 0.102. The average Bonchev–Trinajstić information content (AvgIpc) is 3.36. The van der Waals surface area contributed by atoms with E-state index in [0.717, 1.165) is 23.4 Å². The Bertz CT molecular complexity index is 1360. The quantitative estimate of drug-likeness (QED) is 0.324. The molecule has 0 spiro atoms. The summed E-state index contributed by atoms with van der Waals surface area (Å²) in [4.78, 5) is 12.8. The number of hydrazone groups is 1. The smallest absolute Gasteiger partial charge is 0.259 e. The maximum Gasteiger partial charge on any atom is 0.259 e. The summed E-state index contributed by atoms with van der Waals surface area (Å²) in [5.74, 6) is 0.187. The van der Waals surface area contributed by atoms with Crippen LogP contribution in [0.2, 0.25) is 5.02 Å². The van der Waals surface area contributed by atoms with Gasteiger partial charge in [-0.15, -0.1) is 0 Å². The third-order valence-electron chi connectivity index (χ3n) is 6.00. The number of para-hydroxylation sites is 1. The van der Waals surface area contributed by atoms with E-state index in [4.69, 9.17) is 21.4 Å². The largest absolute Gasteiger partial charge is 0.496 e. The van der Waals surface area contributed by atoms with E-state index < -0.39 is 0 Å². The van der Waals surface area contributed by atoms with Crippen LogP contribution in [0.3, 0.4) is 0 Å². The van der Waals surface area contributed by atoms with Crippen molar-refractivity contribution in [3.63, 3.8) is 0 Å². The molecule has 1 atom stereocenters. The fourth-order valence-corrected chi connectivity index (χ4v) is 4.41. The monoisotopic (exact) mass is 481 g/mol. The Hall–Kier alpha value is -4.09. The number of nitrogens with one attached hydrogen (secondary N) is 1. The number of methoxy groups -OCH3 is 1. The van der Waals surface area contributed by atoms with E-state index >= 15 is 0 Å². The van der Waals surface area contributed by atoms with Gasteiger partial charge in [0.25, 0.3) is 5.91 Å². The molecule has 0 radical (unpaired) electrons. The van der Waals surface area contributed by atoms with Crippen LogP contribution in [0, 0.1) is 0 Å². The zero-order valence-corrected chi connectivity index (χ0v) is 19.9. The highest BCUT2D eigenvalue weighted by molar-refractivity contribution is 6.31. The van der Waals surface area contributed by atoms with Crippen molar-refractivity contribution in [1.29, 1.82) is 0 Å². The number of hydrogen-bond acceptors (Lipinski definition) is 4. The first-order valence-electron chi connectivity index (χ1n) is 11.3. The van der Waals surface area contributed by atoms with Gasteiger partial charge in [-0.05, 0) is 53.6 Å². The lowest BCUT2D eigenvalue weighted by Crippen LogP contribution is -2.18. The summed E-state index contributed by atoms with van der Waals surface area (Å²) in [5.41, 5.74) is 5.34. The molecule has 1 aliphatic heterocycles. The zero-order chi connectivity index (χ0) is 24.2. The van der Waals surface area contributed by atoms with Crippen molar-refractivity contribution in [2.45, 2.75) is 12.5 Å². The molecule has 0 bridgehead atoms. The number of nitrogens with zero attached hydrogens (tertiary/aromatic N) is 2. The average molecular weight is 482 g/mol. The van der Waals surface area contributed by atoms with Gasteiger partial charge in [-0.25, -0.2) is 0 Å². The maximum absolute atomic E-state index is 12.8. The van der Waals surface area contributed by atoms with Crippen LogP contribution in [0.4, 0.5) is 11.4 Å². The molecule has 1 unspecified atom stereocenters. The number of anilines is 2. The normalized spacial score (nSPS) is 15.0. The Labute approximate surface area is 209 Å². The molecule has 5 rings (SSSR count). The first-order valence-corrected chi connectivity index (χ1v) is 11.7. The number of benzene rings is 4. The van der Waals surface area contributed by atoms with Gasteiger partial charge in [0.2, 0.25) is 0 Å². The number of hydrogen-bond donors (Lipinski definition) is 1. The molecular formula is C29H24ClN3O2. The van der Waals surface area contributed by atoms with Gasteiger partial charge in [0.1, 0.15) is 5.75 Å². The second kappa shape index (κ2) is 10.0. The molecular weight excluding hydrogens is 458 g/mol. The minimum Gasteiger partial charge on any atom is -0.496 e. The first-order chi connectivity index (χ1) is 17.1. The van der Waals surface area contributed by atoms with E-state index in [1.807, 2.05) is 48.5 Å². The van der Waals surface area contributed by atoms with E-state index in [2.05, 4.69) is 46.7 Å². The Kier molecular flexibility index (Phi) is 6.51. The van der Waals surface area contributed by atoms with Crippen LogP contribution >= 0.6 is 11.6 Å². The molecule has 35 heavy (non-hydrogen) atoms. The second-order valence-corrected chi connectivity index (χ2v) is 8.67. The van der Waals surface area contributed by atoms with Gasteiger partial charge in [-0.1, -0.05) is 72.3 Å². The number of carbonyl (C=O) groups is 1. The summed E-state index contributed by atoms with van der Waals surface area (Å²) in [6.45, 7) is 0. The molecule has 174 valence electrons. The van der Waals surface area contributed by atoms with Crippen LogP contribution in [-0.4, -0.2) is 18.7 Å². The Morgan fingerprint density at radius 3 is 2.31 bits per heavy atom. The van der Waals surface area contributed by atoms with Crippen molar-refractivity contribution in [3.05, 3.63) is 125 Å². The molecule has 0 saturated heterocycles. The minimum atomic E-state index is -0.283. The van der Waals surface area contributed by atoms with Gasteiger partial charge in [0.15, 0.2) is 0 Å². The van der Waals surface area contributed by atoms with Gasteiger partial charge < -0.3 is 10.1 Å². The van der Waals surface area contributed by atoms with Crippen LogP contribution in [0.5, 0.6) is 5.75 Å². The summed E-state index contributed by atoms with van der Waals surface area (Å²) in [7, 11) is 1.53. The third kappa shape index (κ3) is 4.91. The molecule has 6 heteroatoms. The predicted molar refractivity (Wildman–Crippen MR) is 142 cm³/mol. The molecule has 1 N–H and O–H groups in total. The Morgan fingerprint density at radius 2 is 1.63 bits per heavy atom. The van der Waals surface area contributed by atoms with E-state index in [9.17, 15) is 4.79 Å². The van der Waals surface area contributed by atoms with Crippen molar-refractivity contribution in [3.8, 4) is 5.75 Å². The standard InChI is InChI=1S/C29H24ClN3O2/c1-35-28-17-14-22(30)18-25(28)29(34)31-23-15-12-20(13-16-23)26-19-27(21-8-4-2-5-9-21)33(32-26)24-10-6-3-7-11-24/h2-18,27H,19H2,1H3,(H,31,34). The number of carbonyl (C=O) groups excluding carboxylic acids is 1. The Balaban J connectivity index is 1.38. The van der Waals surface area contributed by atoms with Crippen molar-refractivity contribution in [1.82, 2.24) is 0 Å². The molecule has 0 aliphatic carbocycles. The third-order valence-corrected chi connectivity index (χ3v) is 6.23. The zero-order valence-electron chi connectivity index (χ0n) is 19.2. The van der Waals surface area contributed by atoms with Crippen LogP contribution in [0.15, 0.2) is 108 Å². The molecule has 0 fully saturated rings. The van der Waals surface area contributed by atoms with Crippen molar-refractivity contribution >= 4 is 34.6 Å². The van der Waals surface area contributed by atoms with Gasteiger partial charge in [0.05, 0.1) is 30.1 Å². The molecule has 1 heterocycles. The highest BCUT2D eigenvalue weighted by Crippen LogP contribution is 2.36. The van der Waals surface area contributed by atoms with Crippen LogP contribution in [-0.2, 0) is 0 Å². The van der Waals surface area contributed by atoms with E-state index in [0.29, 0.717) is 22.0 Å². The first kappa shape index (κ1) is 22.7. The summed E-state index contributed by atoms with van der Waals surface area (Å²) >= 11 is 6.07. The van der Waals surface area contributed by atoms with Gasteiger partial charge in [-0.2, -0.15) is 5.10 Å². The van der Waals surface area contributed by atoms with E-state index in [1.165, 1.54) is 12.7 Å².